The maximum absolute atomic E-state index is 12.7. The second kappa shape index (κ2) is 4.65. The van der Waals surface area contributed by atoms with E-state index in [-0.39, 0.29) is 12.5 Å². The molecule has 0 spiro atoms. The predicted octanol–water partition coefficient (Wildman–Crippen LogP) is 2.33. The lowest BCUT2D eigenvalue weighted by atomic mass is 10.2. The largest absolute Gasteiger partial charge is 0.473 e. The first-order valence-electron chi connectivity index (χ1n) is 4.61. The van der Waals surface area contributed by atoms with Crippen molar-refractivity contribution in [1.82, 2.24) is 9.97 Å². The van der Waals surface area contributed by atoms with Gasteiger partial charge >= 0.3 is 6.08 Å². The highest BCUT2D eigenvalue weighted by Crippen LogP contribution is 2.10. The summed E-state index contributed by atoms with van der Waals surface area (Å²) in [7, 11) is 0. The smallest absolute Gasteiger partial charge is 0.314 e. The molecule has 0 radical (unpaired) electrons. The molecule has 0 aliphatic heterocycles. The van der Waals surface area contributed by atoms with Crippen LogP contribution in [-0.2, 0) is 6.61 Å². The van der Waals surface area contributed by atoms with Gasteiger partial charge < -0.3 is 4.74 Å². The van der Waals surface area contributed by atoms with Gasteiger partial charge in [0.15, 0.2) is 0 Å². The molecule has 1 heterocycles. The molecular formula is C11H8F2N2O. The predicted molar refractivity (Wildman–Crippen MR) is 52.7 cm³/mol. The third-order valence-electron chi connectivity index (χ3n) is 1.87. The van der Waals surface area contributed by atoms with Crippen molar-refractivity contribution in [2.75, 3.05) is 0 Å². The number of hydrogen-bond donors (Lipinski definition) is 0. The summed E-state index contributed by atoms with van der Waals surface area (Å²) in [5.41, 5.74) is 0.891. The van der Waals surface area contributed by atoms with Gasteiger partial charge in [0.1, 0.15) is 6.61 Å². The first-order valence-corrected chi connectivity index (χ1v) is 4.61. The van der Waals surface area contributed by atoms with Gasteiger partial charge in [-0.3, -0.25) is 0 Å². The highest BCUT2D eigenvalue weighted by Gasteiger charge is 2.04. The molecule has 3 nitrogen and oxygen atoms in total. The summed E-state index contributed by atoms with van der Waals surface area (Å²) in [6.07, 6.45) is -1.14. The summed E-state index contributed by atoms with van der Waals surface area (Å²) in [5, 5.41) is 0. The van der Waals surface area contributed by atoms with E-state index in [1.807, 2.05) is 30.3 Å². The lowest BCUT2D eigenvalue weighted by Crippen LogP contribution is -2.01. The van der Waals surface area contributed by atoms with Crippen LogP contribution < -0.4 is 4.74 Å². The molecule has 0 aliphatic rings. The van der Waals surface area contributed by atoms with Crippen molar-refractivity contribution < 1.29 is 13.5 Å². The van der Waals surface area contributed by atoms with Crippen molar-refractivity contribution in [3.63, 3.8) is 0 Å². The van der Waals surface area contributed by atoms with Crippen LogP contribution >= 0.6 is 0 Å². The van der Waals surface area contributed by atoms with E-state index < -0.39 is 12.0 Å². The zero-order valence-corrected chi connectivity index (χ0v) is 8.23. The normalized spacial score (nSPS) is 10.1. The van der Waals surface area contributed by atoms with Crippen LogP contribution in [0.25, 0.3) is 0 Å². The van der Waals surface area contributed by atoms with Gasteiger partial charge in [0, 0.05) is 0 Å². The average Bonchev–Trinajstić information content (AvgIpc) is 2.27. The molecule has 1 aromatic heterocycles. The van der Waals surface area contributed by atoms with Crippen LogP contribution in [0.3, 0.4) is 0 Å². The van der Waals surface area contributed by atoms with Crippen LogP contribution in [0.15, 0.2) is 36.4 Å². The van der Waals surface area contributed by atoms with Crippen molar-refractivity contribution in [2.45, 2.75) is 6.61 Å². The Labute approximate surface area is 90.7 Å². The Bertz CT molecular complexity index is 456. The second-order valence-corrected chi connectivity index (χ2v) is 3.07. The zero-order valence-electron chi connectivity index (χ0n) is 8.23. The number of aromatic nitrogens is 2. The molecule has 0 amide bonds. The second-order valence-electron chi connectivity index (χ2n) is 3.07. The van der Waals surface area contributed by atoms with E-state index in [9.17, 15) is 8.78 Å². The van der Waals surface area contributed by atoms with Crippen LogP contribution in [0.5, 0.6) is 5.88 Å². The molecule has 0 saturated carbocycles. The highest BCUT2D eigenvalue weighted by atomic mass is 19.1. The van der Waals surface area contributed by atoms with E-state index >= 15 is 0 Å². The van der Waals surface area contributed by atoms with Gasteiger partial charge in [-0.2, -0.15) is 18.7 Å². The van der Waals surface area contributed by atoms with Gasteiger partial charge in [-0.25, -0.2) is 0 Å². The molecule has 0 atom stereocenters. The zero-order chi connectivity index (χ0) is 11.4. The quantitative estimate of drug-likeness (QED) is 0.590. The van der Waals surface area contributed by atoms with Gasteiger partial charge in [-0.1, -0.05) is 30.3 Å². The molecule has 2 aromatic rings. The van der Waals surface area contributed by atoms with Gasteiger partial charge in [-0.05, 0) is 5.56 Å². The van der Waals surface area contributed by atoms with Gasteiger partial charge in [0.25, 0.3) is 0 Å². The molecule has 16 heavy (non-hydrogen) atoms. The van der Waals surface area contributed by atoms with Gasteiger partial charge in [0.05, 0.1) is 6.07 Å². The molecule has 0 fully saturated rings. The van der Waals surface area contributed by atoms with Crippen molar-refractivity contribution >= 4 is 0 Å². The van der Waals surface area contributed by atoms with Crippen LogP contribution in [0.2, 0.25) is 0 Å². The van der Waals surface area contributed by atoms with E-state index in [4.69, 9.17) is 4.74 Å². The fourth-order valence-electron chi connectivity index (χ4n) is 1.18. The summed E-state index contributed by atoms with van der Waals surface area (Å²) in [4.78, 5) is 6.17. The van der Waals surface area contributed by atoms with Crippen molar-refractivity contribution in [3.05, 3.63) is 54.0 Å². The average molecular weight is 222 g/mol. The fourth-order valence-corrected chi connectivity index (χ4v) is 1.18. The van der Waals surface area contributed by atoms with Crippen molar-refractivity contribution in [3.8, 4) is 5.88 Å². The molecule has 82 valence electrons. The lowest BCUT2D eigenvalue weighted by Gasteiger charge is -2.04. The molecule has 0 unspecified atom stereocenters. The monoisotopic (exact) mass is 222 g/mol. The maximum atomic E-state index is 12.7. The van der Waals surface area contributed by atoms with E-state index in [2.05, 4.69) is 9.97 Å². The molecule has 1 aromatic carbocycles. The molecule has 0 bridgehead atoms. The summed E-state index contributed by atoms with van der Waals surface area (Å²) >= 11 is 0. The van der Waals surface area contributed by atoms with E-state index in [1.54, 1.807) is 0 Å². The maximum Gasteiger partial charge on any atom is 0.314 e. The highest BCUT2D eigenvalue weighted by molar-refractivity contribution is 5.15. The lowest BCUT2D eigenvalue weighted by molar-refractivity contribution is 0.282. The van der Waals surface area contributed by atoms with Crippen LogP contribution in [-0.4, -0.2) is 9.97 Å². The number of benzene rings is 1. The minimum atomic E-state index is -1.14. The summed E-state index contributed by atoms with van der Waals surface area (Å²) in [5.74, 6) is -1.07. The van der Waals surface area contributed by atoms with Crippen LogP contribution in [0, 0.1) is 12.0 Å². The molecule has 0 N–H and O–H groups in total. The summed E-state index contributed by atoms with van der Waals surface area (Å²) in [6.45, 7) is 0.205. The SMILES string of the molecule is Fc1cc(OCc2ccccc2)nc(F)n1. The number of nitrogens with zero attached hydrogens (tertiary/aromatic N) is 2. The third kappa shape index (κ3) is 2.73. The topological polar surface area (TPSA) is 35.0 Å². The molecule has 0 saturated heterocycles. The van der Waals surface area contributed by atoms with Crippen LogP contribution in [0.4, 0.5) is 8.78 Å². The summed E-state index contributed by atoms with van der Waals surface area (Å²) < 4.78 is 30.4. The first-order chi connectivity index (χ1) is 7.74. The Morgan fingerprint density at radius 1 is 1.06 bits per heavy atom. The number of hydrogen-bond acceptors (Lipinski definition) is 3. The van der Waals surface area contributed by atoms with Gasteiger partial charge in [0.2, 0.25) is 11.8 Å². The van der Waals surface area contributed by atoms with Crippen molar-refractivity contribution in [2.24, 2.45) is 0 Å². The van der Waals surface area contributed by atoms with E-state index in [0.29, 0.717) is 0 Å². The Morgan fingerprint density at radius 2 is 1.81 bits per heavy atom. The number of halogens is 2. The molecule has 5 heteroatoms. The van der Waals surface area contributed by atoms with Crippen molar-refractivity contribution in [1.29, 1.82) is 0 Å². The minimum absolute atomic E-state index is 0.117. The molecule has 2 rings (SSSR count). The number of ether oxygens (including phenoxy) is 1. The standard InChI is InChI=1S/C11H8F2N2O/c12-9-6-10(15-11(13)14-9)16-7-8-4-2-1-3-5-8/h1-6H,7H2. The Kier molecular flexibility index (Phi) is 3.05. The number of rotatable bonds is 3. The Morgan fingerprint density at radius 3 is 2.50 bits per heavy atom. The fraction of sp³-hybridized carbons (Fsp3) is 0.0909. The molecular weight excluding hydrogens is 214 g/mol. The molecule has 0 aliphatic carbocycles. The summed E-state index contributed by atoms with van der Waals surface area (Å²) in [6, 6.07) is 10.2. The Balaban J connectivity index is 2.05. The van der Waals surface area contributed by atoms with Crippen LogP contribution in [0.1, 0.15) is 5.56 Å². The van der Waals surface area contributed by atoms with E-state index in [0.717, 1.165) is 11.6 Å². The van der Waals surface area contributed by atoms with E-state index in [1.165, 1.54) is 0 Å². The van der Waals surface area contributed by atoms with Gasteiger partial charge in [-0.15, -0.1) is 0 Å². The Hall–Kier alpha value is -2.04. The minimum Gasteiger partial charge on any atom is -0.473 e. The first kappa shape index (κ1) is 10.5. The third-order valence-corrected chi connectivity index (χ3v) is 1.87.